The molecule has 1 saturated heterocycles. The molecule has 3 aliphatic carbocycles. The van der Waals surface area contributed by atoms with E-state index in [1.54, 1.807) is 13.2 Å². The van der Waals surface area contributed by atoms with Gasteiger partial charge in [-0.15, -0.1) is 6.58 Å². The van der Waals surface area contributed by atoms with Crippen LogP contribution in [0.25, 0.3) is 0 Å². The number of nitrogens with one attached hydrogen (secondary N) is 2. The van der Waals surface area contributed by atoms with Crippen molar-refractivity contribution >= 4 is 30.4 Å². The minimum Gasteiger partial charge on any atom is -0.497 e. The summed E-state index contributed by atoms with van der Waals surface area (Å²) in [5, 5.41) is 6.46. The normalized spacial score (nSPS) is 29.6. The van der Waals surface area contributed by atoms with Crippen LogP contribution < -0.4 is 20.9 Å². The summed E-state index contributed by atoms with van der Waals surface area (Å²) in [6, 6.07) is 6.80. The Morgan fingerprint density at radius 3 is 2.76 bits per heavy atom. The SMILES string of the molecule is C=CC[C@H](NC(=O)[C@@H]1CCc2c(Cl)nc(NCc3ccc(OC)cc3)c(=O)n21)B1OC2CC3CC(C3(C)C)[C@@]2(C)O1. The molecule has 9 nitrogen and oxygen atoms in total. The second-order valence-corrected chi connectivity index (χ2v) is 13.0. The molecule has 0 spiro atoms. The van der Waals surface area contributed by atoms with Crippen LogP contribution in [0.5, 0.6) is 5.75 Å². The molecule has 1 amide bonds. The van der Waals surface area contributed by atoms with Crippen molar-refractivity contribution in [3.8, 4) is 5.75 Å². The molecule has 7 rings (SSSR count). The Bertz CT molecular complexity index is 1410. The van der Waals surface area contributed by atoms with Gasteiger partial charge >= 0.3 is 7.12 Å². The van der Waals surface area contributed by atoms with E-state index in [-0.39, 0.29) is 39.6 Å². The lowest BCUT2D eigenvalue weighted by Crippen LogP contribution is -2.65. The fraction of sp³-hybridized carbons (Fsp3) is 0.567. The zero-order chi connectivity index (χ0) is 29.1. The Hall–Kier alpha value is -2.82. The molecule has 3 unspecified atom stereocenters. The molecular weight excluding hydrogens is 543 g/mol. The van der Waals surface area contributed by atoms with Crippen LogP contribution >= 0.6 is 11.6 Å². The summed E-state index contributed by atoms with van der Waals surface area (Å²) >= 11 is 6.51. The zero-order valence-electron chi connectivity index (χ0n) is 24.1. The highest BCUT2D eigenvalue weighted by Gasteiger charge is 2.68. The molecule has 3 saturated carbocycles. The smallest absolute Gasteiger partial charge is 0.482 e. The van der Waals surface area contributed by atoms with Crippen LogP contribution in [0.4, 0.5) is 5.82 Å². The zero-order valence-corrected chi connectivity index (χ0v) is 24.9. The van der Waals surface area contributed by atoms with Gasteiger partial charge < -0.3 is 24.7 Å². The van der Waals surface area contributed by atoms with Gasteiger partial charge in [0.15, 0.2) is 11.0 Å². The standard InChI is InChI=1S/C30H38BClN4O5/c1-6-7-24(31-40-23-15-18-14-22(29(18,2)3)30(23,4)41-31)34-27(37)21-13-12-20-25(32)35-26(28(38)36(20)21)33-16-17-8-10-19(39-5)11-9-17/h6,8-11,18,21-24H,1,7,12-16H2,2-5H3,(H,33,35)(H,34,37)/t18?,21-,22?,23?,24-,30+/m0/s1. The van der Waals surface area contributed by atoms with Crippen molar-refractivity contribution in [2.24, 2.45) is 17.3 Å². The van der Waals surface area contributed by atoms with Crippen LogP contribution in [0.2, 0.25) is 5.15 Å². The highest BCUT2D eigenvalue weighted by molar-refractivity contribution is 6.48. The minimum atomic E-state index is -0.710. The van der Waals surface area contributed by atoms with Gasteiger partial charge in [0, 0.05) is 6.54 Å². The number of anilines is 1. The molecule has 2 N–H and O–H groups in total. The van der Waals surface area contributed by atoms with Crippen LogP contribution in [0.3, 0.4) is 0 Å². The largest absolute Gasteiger partial charge is 0.497 e. The summed E-state index contributed by atoms with van der Waals surface area (Å²) in [6.45, 7) is 11.1. The van der Waals surface area contributed by atoms with Crippen molar-refractivity contribution in [3.63, 3.8) is 0 Å². The minimum absolute atomic E-state index is 0.00698. The highest BCUT2D eigenvalue weighted by Crippen LogP contribution is 2.65. The van der Waals surface area contributed by atoms with E-state index in [2.05, 4.69) is 43.0 Å². The number of benzene rings is 1. The fourth-order valence-electron chi connectivity index (χ4n) is 7.56. The molecule has 4 fully saturated rings. The Balaban J connectivity index is 1.18. The number of amides is 1. The van der Waals surface area contributed by atoms with Gasteiger partial charge in [0.05, 0.1) is 30.4 Å². The van der Waals surface area contributed by atoms with E-state index >= 15 is 0 Å². The van der Waals surface area contributed by atoms with E-state index in [4.69, 9.17) is 25.6 Å². The van der Waals surface area contributed by atoms with Gasteiger partial charge in [-0.3, -0.25) is 14.2 Å². The summed E-state index contributed by atoms with van der Waals surface area (Å²) in [7, 11) is 1.03. The monoisotopic (exact) mass is 580 g/mol. The summed E-state index contributed by atoms with van der Waals surface area (Å²) in [6.07, 6.45) is 5.32. The Labute approximate surface area is 246 Å². The fourth-order valence-corrected chi connectivity index (χ4v) is 7.83. The number of rotatable bonds is 9. The lowest BCUT2D eigenvalue weighted by Gasteiger charge is -2.64. The Morgan fingerprint density at radius 2 is 2.07 bits per heavy atom. The Morgan fingerprint density at radius 1 is 1.32 bits per heavy atom. The van der Waals surface area contributed by atoms with Crippen LogP contribution in [0.1, 0.15) is 63.8 Å². The number of aromatic nitrogens is 2. The lowest BCUT2D eigenvalue weighted by atomic mass is 9.43. The van der Waals surface area contributed by atoms with Gasteiger partial charge in [-0.25, -0.2) is 4.98 Å². The Kier molecular flexibility index (Phi) is 7.23. The second kappa shape index (κ2) is 10.5. The summed E-state index contributed by atoms with van der Waals surface area (Å²) < 4.78 is 19.8. The first-order chi connectivity index (χ1) is 19.6. The van der Waals surface area contributed by atoms with Gasteiger partial charge in [0.25, 0.3) is 5.56 Å². The predicted molar refractivity (Wildman–Crippen MR) is 158 cm³/mol. The number of hydrogen-bond acceptors (Lipinski definition) is 7. The van der Waals surface area contributed by atoms with Gasteiger partial charge in [0.2, 0.25) is 5.91 Å². The van der Waals surface area contributed by atoms with Crippen LogP contribution in [0.15, 0.2) is 41.7 Å². The molecule has 218 valence electrons. The van der Waals surface area contributed by atoms with E-state index in [0.717, 1.165) is 24.2 Å². The first-order valence-electron chi connectivity index (χ1n) is 14.5. The molecule has 2 bridgehead atoms. The molecule has 3 heterocycles. The van der Waals surface area contributed by atoms with Crippen molar-refractivity contribution in [2.45, 2.75) is 83.1 Å². The van der Waals surface area contributed by atoms with E-state index < -0.39 is 19.1 Å². The first-order valence-corrected chi connectivity index (χ1v) is 14.9. The number of halogens is 1. The quantitative estimate of drug-likeness (QED) is 0.336. The number of ether oxygens (including phenoxy) is 1. The average Bonchev–Trinajstić information content (AvgIpc) is 3.56. The third-order valence-corrected chi connectivity index (χ3v) is 10.4. The molecular formula is C30H38BClN4O5. The predicted octanol–water partition coefficient (Wildman–Crippen LogP) is 4.33. The maximum Gasteiger partial charge on any atom is 0.482 e. The van der Waals surface area contributed by atoms with E-state index in [1.165, 1.54) is 4.57 Å². The van der Waals surface area contributed by atoms with Crippen molar-refractivity contribution in [1.82, 2.24) is 14.9 Å². The van der Waals surface area contributed by atoms with E-state index in [0.29, 0.717) is 43.3 Å². The average molecular weight is 581 g/mol. The molecule has 2 aromatic rings. The molecule has 6 atom stereocenters. The molecule has 0 radical (unpaired) electrons. The van der Waals surface area contributed by atoms with Crippen molar-refractivity contribution in [3.05, 3.63) is 63.7 Å². The summed E-state index contributed by atoms with van der Waals surface area (Å²) in [5.41, 5.74) is 0.989. The van der Waals surface area contributed by atoms with Crippen molar-refractivity contribution in [2.75, 3.05) is 12.4 Å². The van der Waals surface area contributed by atoms with Crippen LogP contribution in [0, 0.1) is 17.3 Å². The number of hydrogen-bond donors (Lipinski definition) is 2. The van der Waals surface area contributed by atoms with Crippen molar-refractivity contribution < 1.29 is 18.8 Å². The van der Waals surface area contributed by atoms with Crippen LogP contribution in [-0.2, 0) is 27.1 Å². The van der Waals surface area contributed by atoms with E-state index in [9.17, 15) is 9.59 Å². The third kappa shape index (κ3) is 4.68. The van der Waals surface area contributed by atoms with Gasteiger partial charge in [-0.05, 0) is 74.0 Å². The summed E-state index contributed by atoms with van der Waals surface area (Å²) in [5.74, 6) is 1.22. The number of carbonyl (C=O) groups excluding carboxylic acids is 1. The molecule has 41 heavy (non-hydrogen) atoms. The molecule has 1 aromatic heterocycles. The molecule has 1 aromatic carbocycles. The molecule has 11 heteroatoms. The maximum absolute atomic E-state index is 13.7. The van der Waals surface area contributed by atoms with Crippen molar-refractivity contribution in [1.29, 1.82) is 0 Å². The second-order valence-electron chi connectivity index (χ2n) is 12.6. The van der Waals surface area contributed by atoms with Gasteiger partial charge in [0.1, 0.15) is 11.8 Å². The van der Waals surface area contributed by atoms with E-state index in [1.807, 2.05) is 24.3 Å². The molecule has 5 aliphatic rings. The maximum atomic E-state index is 13.7. The van der Waals surface area contributed by atoms with Gasteiger partial charge in [-0.2, -0.15) is 0 Å². The number of fused-ring (bicyclic) bond motifs is 1. The number of nitrogens with zero attached hydrogens (tertiary/aromatic N) is 2. The molecule has 2 aliphatic heterocycles. The summed E-state index contributed by atoms with van der Waals surface area (Å²) in [4.78, 5) is 31.6. The highest BCUT2D eigenvalue weighted by atomic mass is 35.5. The third-order valence-electron chi connectivity index (χ3n) is 10.1. The first kappa shape index (κ1) is 28.3. The topological polar surface area (TPSA) is 104 Å². The number of methoxy groups -OCH3 is 1. The van der Waals surface area contributed by atoms with Gasteiger partial charge in [-0.1, -0.05) is 43.7 Å². The lowest BCUT2D eigenvalue weighted by molar-refractivity contribution is -0.199. The van der Waals surface area contributed by atoms with Crippen LogP contribution in [-0.4, -0.2) is 47.3 Å². The number of carbonyl (C=O) groups is 1.